The van der Waals surface area contributed by atoms with Crippen molar-refractivity contribution in [3.8, 4) is 0 Å². The fraction of sp³-hybridized carbons (Fsp3) is 0.333. The summed E-state index contributed by atoms with van der Waals surface area (Å²) in [7, 11) is -3.76. The highest BCUT2D eigenvalue weighted by Crippen LogP contribution is 2.26. The van der Waals surface area contributed by atoms with Gasteiger partial charge in [-0.05, 0) is 55.3 Å². The highest BCUT2D eigenvalue weighted by atomic mass is 35.5. The topological polar surface area (TPSA) is 122 Å². The van der Waals surface area contributed by atoms with Crippen LogP contribution >= 0.6 is 23.2 Å². The number of piperidine rings is 1. The third kappa shape index (κ3) is 6.66. The van der Waals surface area contributed by atoms with E-state index in [0.29, 0.717) is 28.7 Å². The number of primary sulfonamides is 1. The molecule has 1 aliphatic heterocycles. The van der Waals surface area contributed by atoms with Crippen LogP contribution in [0, 0.1) is 0 Å². The molecule has 32 heavy (non-hydrogen) atoms. The molecule has 1 atom stereocenters. The molecule has 0 saturated carbocycles. The molecule has 8 nitrogen and oxygen atoms in total. The Morgan fingerprint density at radius 2 is 1.78 bits per heavy atom. The minimum Gasteiger partial charge on any atom is -0.351 e. The number of sulfonamides is 1. The van der Waals surface area contributed by atoms with Crippen molar-refractivity contribution in [2.24, 2.45) is 5.14 Å². The van der Waals surface area contributed by atoms with Crippen molar-refractivity contribution in [1.82, 2.24) is 10.2 Å². The van der Waals surface area contributed by atoms with E-state index in [1.165, 1.54) is 12.1 Å². The lowest BCUT2D eigenvalue weighted by Crippen LogP contribution is -2.50. The number of nitrogens with zero attached hydrogens (tertiary/aromatic N) is 1. The summed E-state index contributed by atoms with van der Waals surface area (Å²) in [6.45, 7) is 0.947. The van der Waals surface area contributed by atoms with Crippen molar-refractivity contribution >= 4 is 50.7 Å². The maximum absolute atomic E-state index is 12.8. The minimum absolute atomic E-state index is 0.0109. The second kappa shape index (κ2) is 10.6. The van der Waals surface area contributed by atoms with Crippen molar-refractivity contribution < 1.29 is 18.0 Å². The van der Waals surface area contributed by atoms with Crippen LogP contribution in [-0.2, 0) is 26.2 Å². The Hall–Kier alpha value is -2.17. The summed E-state index contributed by atoms with van der Waals surface area (Å²) >= 11 is 11.9. The number of nitrogens with two attached hydrogens (primary N) is 1. The molecule has 1 saturated heterocycles. The highest BCUT2D eigenvalue weighted by Gasteiger charge is 2.30. The molecule has 0 bridgehead atoms. The number of hydrogen-bond acceptors (Lipinski definition) is 5. The van der Waals surface area contributed by atoms with Gasteiger partial charge in [-0.3, -0.25) is 14.5 Å². The lowest BCUT2D eigenvalue weighted by atomic mass is 10.0. The first kappa shape index (κ1) is 24.5. The molecule has 2 amide bonds. The predicted octanol–water partition coefficient (Wildman–Crippen LogP) is 2.75. The Balaban J connectivity index is 1.56. The monoisotopic (exact) mass is 498 g/mol. The van der Waals surface area contributed by atoms with Gasteiger partial charge in [0.15, 0.2) is 0 Å². The SMILES string of the molecule is NS(=O)(=O)c1ccc(CNC(=O)CN2CCCC[C@H]2C(=O)Nc2ccc(Cl)c(Cl)c2)cc1. The molecule has 0 spiro atoms. The number of benzene rings is 2. The van der Waals surface area contributed by atoms with Gasteiger partial charge < -0.3 is 10.6 Å². The number of anilines is 1. The van der Waals surface area contributed by atoms with Crippen molar-refractivity contribution in [3.05, 3.63) is 58.1 Å². The minimum atomic E-state index is -3.76. The number of rotatable bonds is 7. The van der Waals surface area contributed by atoms with E-state index >= 15 is 0 Å². The third-order valence-electron chi connectivity index (χ3n) is 5.19. The Morgan fingerprint density at radius 1 is 1.06 bits per heavy atom. The van der Waals surface area contributed by atoms with Crippen molar-refractivity contribution in [2.75, 3.05) is 18.4 Å². The first-order valence-electron chi connectivity index (χ1n) is 10.0. The fourth-order valence-electron chi connectivity index (χ4n) is 3.51. The molecule has 3 rings (SSSR count). The van der Waals surface area contributed by atoms with Gasteiger partial charge in [0.25, 0.3) is 0 Å². The highest BCUT2D eigenvalue weighted by molar-refractivity contribution is 7.89. The van der Waals surface area contributed by atoms with E-state index < -0.39 is 16.1 Å². The number of carbonyl (C=O) groups excluding carboxylic acids is 2. The van der Waals surface area contributed by atoms with Gasteiger partial charge in [0.1, 0.15) is 0 Å². The van der Waals surface area contributed by atoms with Crippen molar-refractivity contribution in [1.29, 1.82) is 0 Å². The molecular formula is C21H24Cl2N4O4S. The molecule has 2 aromatic rings. The molecule has 172 valence electrons. The van der Waals surface area contributed by atoms with Crippen LogP contribution in [0.4, 0.5) is 5.69 Å². The quantitative estimate of drug-likeness (QED) is 0.541. The molecule has 0 aromatic heterocycles. The van der Waals surface area contributed by atoms with E-state index in [9.17, 15) is 18.0 Å². The number of hydrogen-bond donors (Lipinski definition) is 3. The normalized spacial score (nSPS) is 17.0. The fourth-order valence-corrected chi connectivity index (χ4v) is 4.33. The zero-order valence-electron chi connectivity index (χ0n) is 17.2. The van der Waals surface area contributed by atoms with Gasteiger partial charge >= 0.3 is 0 Å². The van der Waals surface area contributed by atoms with Gasteiger partial charge in [0, 0.05) is 12.2 Å². The van der Waals surface area contributed by atoms with Crippen LogP contribution in [0.15, 0.2) is 47.4 Å². The van der Waals surface area contributed by atoms with Crippen LogP contribution in [0.5, 0.6) is 0 Å². The number of likely N-dealkylation sites (tertiary alicyclic amines) is 1. The third-order valence-corrected chi connectivity index (χ3v) is 6.86. The van der Waals surface area contributed by atoms with Gasteiger partial charge in [-0.2, -0.15) is 0 Å². The van der Waals surface area contributed by atoms with Crippen LogP contribution < -0.4 is 15.8 Å². The van der Waals surface area contributed by atoms with Gasteiger partial charge in [-0.1, -0.05) is 41.8 Å². The molecule has 1 heterocycles. The van der Waals surface area contributed by atoms with E-state index in [2.05, 4.69) is 10.6 Å². The van der Waals surface area contributed by atoms with Crippen LogP contribution in [0.2, 0.25) is 10.0 Å². The van der Waals surface area contributed by atoms with Gasteiger partial charge in [0.05, 0.1) is 27.5 Å². The lowest BCUT2D eigenvalue weighted by Gasteiger charge is -2.34. The lowest BCUT2D eigenvalue weighted by molar-refractivity contribution is -0.127. The van der Waals surface area contributed by atoms with Gasteiger partial charge in [0.2, 0.25) is 21.8 Å². The zero-order chi connectivity index (χ0) is 23.3. The molecule has 0 unspecified atom stereocenters. The Morgan fingerprint density at radius 3 is 2.44 bits per heavy atom. The average Bonchev–Trinajstić information content (AvgIpc) is 2.75. The smallest absolute Gasteiger partial charge is 0.241 e. The number of amides is 2. The second-order valence-electron chi connectivity index (χ2n) is 7.57. The summed E-state index contributed by atoms with van der Waals surface area (Å²) in [4.78, 5) is 27.2. The Bertz CT molecular complexity index is 1090. The molecule has 0 aliphatic carbocycles. The van der Waals surface area contributed by atoms with Crippen molar-refractivity contribution in [2.45, 2.75) is 36.7 Å². The zero-order valence-corrected chi connectivity index (χ0v) is 19.5. The molecule has 1 aliphatic rings. The maximum Gasteiger partial charge on any atom is 0.241 e. The summed E-state index contributed by atoms with van der Waals surface area (Å²) in [5.41, 5.74) is 1.28. The summed E-state index contributed by atoms with van der Waals surface area (Å²) < 4.78 is 22.6. The summed E-state index contributed by atoms with van der Waals surface area (Å²) in [6, 6.07) is 10.4. The van der Waals surface area contributed by atoms with E-state index in [1.54, 1.807) is 30.3 Å². The summed E-state index contributed by atoms with van der Waals surface area (Å²) in [5, 5.41) is 11.5. The standard InChI is InChI=1S/C21H24Cl2N4O4S/c22-17-9-6-15(11-18(17)23)26-21(29)19-3-1-2-10-27(19)13-20(28)25-12-14-4-7-16(8-5-14)32(24,30)31/h4-9,11,19H,1-3,10,12-13H2,(H,25,28)(H,26,29)(H2,24,30,31)/t19-/m0/s1. The van der Waals surface area contributed by atoms with Crippen LogP contribution in [0.25, 0.3) is 0 Å². The molecular weight excluding hydrogens is 475 g/mol. The number of nitrogens with one attached hydrogen (secondary N) is 2. The van der Waals surface area contributed by atoms with E-state index in [-0.39, 0.29) is 29.8 Å². The largest absolute Gasteiger partial charge is 0.351 e. The first-order chi connectivity index (χ1) is 15.1. The average molecular weight is 499 g/mol. The first-order valence-corrected chi connectivity index (χ1v) is 12.3. The summed E-state index contributed by atoms with van der Waals surface area (Å²) in [6.07, 6.45) is 2.45. The molecule has 0 radical (unpaired) electrons. The Labute approximate surface area is 197 Å². The molecule has 1 fully saturated rings. The number of carbonyl (C=O) groups is 2. The predicted molar refractivity (Wildman–Crippen MR) is 124 cm³/mol. The van der Waals surface area contributed by atoms with Crippen molar-refractivity contribution in [3.63, 3.8) is 0 Å². The molecule has 11 heteroatoms. The van der Waals surface area contributed by atoms with E-state index in [4.69, 9.17) is 28.3 Å². The molecule has 2 aromatic carbocycles. The maximum atomic E-state index is 12.8. The Kier molecular flexibility index (Phi) is 8.13. The van der Waals surface area contributed by atoms with E-state index in [1.807, 2.05) is 4.90 Å². The van der Waals surface area contributed by atoms with Crippen LogP contribution in [0.3, 0.4) is 0 Å². The van der Waals surface area contributed by atoms with E-state index in [0.717, 1.165) is 18.4 Å². The molecule has 4 N–H and O–H groups in total. The van der Waals surface area contributed by atoms with Crippen LogP contribution in [-0.4, -0.2) is 44.3 Å². The van der Waals surface area contributed by atoms with Crippen LogP contribution in [0.1, 0.15) is 24.8 Å². The second-order valence-corrected chi connectivity index (χ2v) is 9.94. The summed E-state index contributed by atoms with van der Waals surface area (Å²) in [5.74, 6) is -0.427. The van der Waals surface area contributed by atoms with Gasteiger partial charge in [-0.15, -0.1) is 0 Å². The number of halogens is 2. The van der Waals surface area contributed by atoms with Gasteiger partial charge in [-0.25, -0.2) is 13.6 Å².